The molecule has 3 unspecified atom stereocenters. The number of para-hydroxylation sites is 1. The van der Waals surface area contributed by atoms with Crippen LogP contribution in [0, 0.1) is 0 Å². The summed E-state index contributed by atoms with van der Waals surface area (Å²) in [6.07, 6.45) is 8.24. The van der Waals surface area contributed by atoms with Crippen LogP contribution in [0.25, 0.3) is 0 Å². The first kappa shape index (κ1) is 21.2. The van der Waals surface area contributed by atoms with Gasteiger partial charge in [0.1, 0.15) is 5.75 Å². The molecule has 1 aromatic carbocycles. The van der Waals surface area contributed by atoms with Crippen molar-refractivity contribution in [2.45, 2.75) is 82.7 Å². The zero-order valence-electron chi connectivity index (χ0n) is 17.3. The van der Waals surface area contributed by atoms with E-state index in [1.54, 1.807) is 0 Å². The fourth-order valence-corrected chi connectivity index (χ4v) is 5.19. The summed E-state index contributed by atoms with van der Waals surface area (Å²) >= 11 is 0. The highest BCUT2D eigenvalue weighted by atomic mass is 32.2. The summed E-state index contributed by atoms with van der Waals surface area (Å²) in [6, 6.07) is 8.57. The Kier molecular flexibility index (Phi) is 8.19. The smallest absolute Gasteiger partial charge is 0.191 e. The third kappa shape index (κ3) is 5.97. The molecular formula is C22H35N3O2S. The minimum absolute atomic E-state index is 0.315. The SMILES string of the molecule is CCNC(=NCc1ccccc1OC1CCC1)NC1CCCC(S(=O)CC)C1. The van der Waals surface area contributed by atoms with Crippen molar-refractivity contribution in [3.05, 3.63) is 29.8 Å². The number of rotatable bonds is 8. The lowest BCUT2D eigenvalue weighted by Crippen LogP contribution is -2.46. The minimum atomic E-state index is -0.707. The molecule has 0 heterocycles. The molecule has 0 saturated heterocycles. The summed E-state index contributed by atoms with van der Waals surface area (Å²) in [5.74, 6) is 2.56. The molecule has 1 aromatic rings. The van der Waals surface area contributed by atoms with Gasteiger partial charge in [-0.15, -0.1) is 0 Å². The molecule has 2 saturated carbocycles. The van der Waals surface area contributed by atoms with E-state index in [1.165, 1.54) is 6.42 Å². The summed E-state index contributed by atoms with van der Waals surface area (Å²) in [6.45, 7) is 5.51. The van der Waals surface area contributed by atoms with Crippen LogP contribution in [0.15, 0.2) is 29.3 Å². The van der Waals surface area contributed by atoms with Gasteiger partial charge in [0, 0.05) is 40.0 Å². The maximum Gasteiger partial charge on any atom is 0.191 e. The topological polar surface area (TPSA) is 62.7 Å². The van der Waals surface area contributed by atoms with E-state index in [9.17, 15) is 4.21 Å². The summed E-state index contributed by atoms with van der Waals surface area (Å²) in [4.78, 5) is 4.82. The summed E-state index contributed by atoms with van der Waals surface area (Å²) < 4.78 is 18.3. The summed E-state index contributed by atoms with van der Waals surface area (Å²) in [5.41, 5.74) is 1.13. The average molecular weight is 406 g/mol. The number of hydrogen-bond donors (Lipinski definition) is 2. The van der Waals surface area contributed by atoms with Crippen molar-refractivity contribution in [1.29, 1.82) is 0 Å². The first-order valence-electron chi connectivity index (χ1n) is 10.9. The van der Waals surface area contributed by atoms with Crippen molar-refractivity contribution in [2.75, 3.05) is 12.3 Å². The van der Waals surface area contributed by atoms with Crippen LogP contribution in [0.5, 0.6) is 5.75 Å². The number of benzene rings is 1. The van der Waals surface area contributed by atoms with Crippen molar-refractivity contribution < 1.29 is 8.95 Å². The van der Waals surface area contributed by atoms with Crippen LogP contribution in [0.1, 0.15) is 64.4 Å². The van der Waals surface area contributed by atoms with Crippen molar-refractivity contribution in [1.82, 2.24) is 10.6 Å². The first-order chi connectivity index (χ1) is 13.7. The van der Waals surface area contributed by atoms with Crippen molar-refractivity contribution >= 4 is 16.8 Å². The van der Waals surface area contributed by atoms with Crippen LogP contribution in [-0.2, 0) is 17.3 Å². The van der Waals surface area contributed by atoms with Gasteiger partial charge in [-0.2, -0.15) is 0 Å². The Hall–Kier alpha value is -1.56. The second-order valence-electron chi connectivity index (χ2n) is 7.77. The predicted octanol–water partition coefficient (Wildman–Crippen LogP) is 3.75. The second kappa shape index (κ2) is 10.8. The zero-order valence-corrected chi connectivity index (χ0v) is 18.1. The van der Waals surface area contributed by atoms with Gasteiger partial charge in [-0.3, -0.25) is 4.21 Å². The number of nitrogens with zero attached hydrogens (tertiary/aromatic N) is 1. The molecule has 2 N–H and O–H groups in total. The van der Waals surface area contributed by atoms with Crippen LogP contribution in [0.3, 0.4) is 0 Å². The van der Waals surface area contributed by atoms with Gasteiger partial charge < -0.3 is 15.4 Å². The van der Waals surface area contributed by atoms with Crippen molar-refractivity contribution in [3.63, 3.8) is 0 Å². The van der Waals surface area contributed by atoms with E-state index in [1.807, 2.05) is 19.1 Å². The van der Waals surface area contributed by atoms with E-state index >= 15 is 0 Å². The quantitative estimate of drug-likeness (QED) is 0.511. The molecule has 156 valence electrons. The highest BCUT2D eigenvalue weighted by Gasteiger charge is 2.26. The van der Waals surface area contributed by atoms with Gasteiger partial charge in [0.05, 0.1) is 12.6 Å². The van der Waals surface area contributed by atoms with Gasteiger partial charge >= 0.3 is 0 Å². The number of hydrogen-bond acceptors (Lipinski definition) is 3. The third-order valence-corrected chi connectivity index (χ3v) is 7.43. The molecule has 3 rings (SSSR count). The summed E-state index contributed by atoms with van der Waals surface area (Å²) in [5, 5.41) is 7.26. The van der Waals surface area contributed by atoms with E-state index in [0.29, 0.717) is 23.9 Å². The van der Waals surface area contributed by atoms with Gasteiger partial charge in [-0.05, 0) is 51.5 Å². The van der Waals surface area contributed by atoms with Crippen molar-refractivity contribution in [2.24, 2.45) is 4.99 Å². The second-order valence-corrected chi connectivity index (χ2v) is 9.78. The van der Waals surface area contributed by atoms with Gasteiger partial charge in [-0.1, -0.05) is 31.5 Å². The maximum atomic E-state index is 12.2. The van der Waals surface area contributed by atoms with Gasteiger partial charge in [-0.25, -0.2) is 4.99 Å². The Bertz CT molecular complexity index is 676. The van der Waals surface area contributed by atoms with Crippen LogP contribution >= 0.6 is 0 Å². The lowest BCUT2D eigenvalue weighted by molar-refractivity contribution is 0.119. The molecular weight excluding hydrogens is 370 g/mol. The third-order valence-electron chi connectivity index (χ3n) is 5.69. The van der Waals surface area contributed by atoms with E-state index in [0.717, 1.165) is 68.1 Å². The largest absolute Gasteiger partial charge is 0.490 e. The van der Waals surface area contributed by atoms with E-state index in [-0.39, 0.29) is 0 Å². The molecule has 0 spiro atoms. The first-order valence-corrected chi connectivity index (χ1v) is 12.2. The number of nitrogens with one attached hydrogen (secondary N) is 2. The number of guanidine groups is 1. The normalized spacial score (nSPS) is 24.3. The van der Waals surface area contributed by atoms with Crippen LogP contribution in [-0.4, -0.2) is 39.9 Å². The van der Waals surface area contributed by atoms with E-state index < -0.39 is 10.8 Å². The molecule has 0 amide bonds. The summed E-state index contributed by atoms with van der Waals surface area (Å²) in [7, 11) is -0.707. The fraction of sp³-hybridized carbons (Fsp3) is 0.682. The van der Waals surface area contributed by atoms with Crippen LogP contribution < -0.4 is 15.4 Å². The molecule has 2 aliphatic carbocycles. The molecule has 2 fully saturated rings. The Morgan fingerprint density at radius 3 is 2.68 bits per heavy atom. The van der Waals surface area contributed by atoms with Gasteiger partial charge in [0.2, 0.25) is 0 Å². The monoisotopic (exact) mass is 405 g/mol. The van der Waals surface area contributed by atoms with Gasteiger partial charge in [0.15, 0.2) is 5.96 Å². The highest BCUT2D eigenvalue weighted by molar-refractivity contribution is 7.85. The molecule has 3 atom stereocenters. The minimum Gasteiger partial charge on any atom is -0.490 e. The highest BCUT2D eigenvalue weighted by Crippen LogP contribution is 2.28. The standard InChI is InChI=1S/C22H35N3O2S/c1-3-23-22(25-18-10-7-13-20(15-18)28(26)4-2)24-16-17-9-5-6-14-21(17)27-19-11-8-12-19/h5-6,9,14,18-20H,3-4,7-8,10-13,15-16H2,1-2H3,(H2,23,24,25). The molecule has 2 aliphatic rings. The molecule has 0 radical (unpaired) electrons. The average Bonchev–Trinajstić information content (AvgIpc) is 2.69. The van der Waals surface area contributed by atoms with E-state index in [2.05, 4.69) is 29.7 Å². The molecule has 0 aromatic heterocycles. The number of ether oxygens (including phenoxy) is 1. The Morgan fingerprint density at radius 2 is 1.96 bits per heavy atom. The molecule has 5 nitrogen and oxygen atoms in total. The Labute approximate surface area is 172 Å². The lowest BCUT2D eigenvalue weighted by atomic mass is 9.95. The van der Waals surface area contributed by atoms with Crippen molar-refractivity contribution in [3.8, 4) is 5.75 Å². The molecule has 0 bridgehead atoms. The molecule has 6 heteroatoms. The molecule has 28 heavy (non-hydrogen) atoms. The van der Waals surface area contributed by atoms with E-state index in [4.69, 9.17) is 9.73 Å². The van der Waals surface area contributed by atoms with Crippen LogP contribution in [0.2, 0.25) is 0 Å². The predicted molar refractivity (Wildman–Crippen MR) is 117 cm³/mol. The Balaban J connectivity index is 1.62. The zero-order chi connectivity index (χ0) is 19.8. The van der Waals surface area contributed by atoms with Gasteiger partial charge in [0.25, 0.3) is 0 Å². The Morgan fingerprint density at radius 1 is 1.18 bits per heavy atom. The molecule has 0 aliphatic heterocycles. The van der Waals surface area contributed by atoms with Crippen LogP contribution in [0.4, 0.5) is 0 Å². The number of aliphatic imine (C=N–C) groups is 1. The lowest BCUT2D eigenvalue weighted by Gasteiger charge is -2.30. The maximum absolute atomic E-state index is 12.2. The fourth-order valence-electron chi connectivity index (χ4n) is 3.85.